The van der Waals surface area contributed by atoms with Crippen LogP contribution in [0.1, 0.15) is 13.3 Å². The fraction of sp³-hybridized carbons (Fsp3) is 0.800. The van der Waals surface area contributed by atoms with Crippen LogP contribution in [0, 0.1) is 5.92 Å². The van der Waals surface area contributed by atoms with Gasteiger partial charge in [0.05, 0.1) is 6.61 Å². The number of nitrogens with zero attached hydrogens (tertiary/aromatic N) is 1. The van der Waals surface area contributed by atoms with Crippen LogP contribution in [0.5, 0.6) is 0 Å². The molecule has 0 spiro atoms. The SMILES string of the molecule is COC[C@H](C)[C@@H]1CC=CCN1C. The Morgan fingerprint density at radius 2 is 2.33 bits per heavy atom. The molecule has 0 bridgehead atoms. The minimum absolute atomic E-state index is 0.630. The molecule has 1 heterocycles. The van der Waals surface area contributed by atoms with E-state index in [0.29, 0.717) is 12.0 Å². The van der Waals surface area contributed by atoms with Crippen molar-refractivity contribution in [1.82, 2.24) is 4.90 Å². The van der Waals surface area contributed by atoms with Gasteiger partial charge in [0.1, 0.15) is 0 Å². The number of likely N-dealkylation sites (N-methyl/N-ethyl adjacent to an activating group) is 1. The normalized spacial score (nSPS) is 27.4. The van der Waals surface area contributed by atoms with Gasteiger partial charge in [0, 0.05) is 19.7 Å². The summed E-state index contributed by atoms with van der Waals surface area (Å²) in [6.07, 6.45) is 5.67. The molecule has 0 fully saturated rings. The number of ether oxygens (including phenoxy) is 1. The zero-order chi connectivity index (χ0) is 8.97. The van der Waals surface area contributed by atoms with Crippen molar-refractivity contribution in [1.29, 1.82) is 0 Å². The molecule has 1 aliphatic heterocycles. The average Bonchev–Trinajstić information content (AvgIpc) is 2.05. The fourth-order valence-electron chi connectivity index (χ4n) is 1.83. The lowest BCUT2D eigenvalue weighted by Crippen LogP contribution is -2.40. The highest BCUT2D eigenvalue weighted by Gasteiger charge is 2.21. The van der Waals surface area contributed by atoms with Crippen molar-refractivity contribution in [3.05, 3.63) is 12.2 Å². The Balaban J connectivity index is 2.43. The molecule has 2 nitrogen and oxygen atoms in total. The summed E-state index contributed by atoms with van der Waals surface area (Å²) >= 11 is 0. The van der Waals surface area contributed by atoms with Gasteiger partial charge in [0.2, 0.25) is 0 Å². The molecule has 0 aromatic carbocycles. The molecule has 0 saturated carbocycles. The lowest BCUT2D eigenvalue weighted by molar-refractivity contribution is 0.0982. The summed E-state index contributed by atoms with van der Waals surface area (Å²) < 4.78 is 5.15. The molecule has 70 valence electrons. The quantitative estimate of drug-likeness (QED) is 0.594. The predicted octanol–water partition coefficient (Wildman–Crippen LogP) is 1.53. The van der Waals surface area contributed by atoms with Crippen LogP contribution in [0.15, 0.2) is 12.2 Å². The second-order valence-corrected chi connectivity index (χ2v) is 3.65. The molecular weight excluding hydrogens is 150 g/mol. The van der Waals surface area contributed by atoms with Crippen LogP contribution in [0.25, 0.3) is 0 Å². The summed E-state index contributed by atoms with van der Waals surface area (Å²) in [6, 6.07) is 0.662. The first kappa shape index (κ1) is 9.75. The number of hydrogen-bond donors (Lipinski definition) is 0. The minimum atomic E-state index is 0.630. The molecule has 0 saturated heterocycles. The van der Waals surface area contributed by atoms with Crippen molar-refractivity contribution in [3.8, 4) is 0 Å². The first-order chi connectivity index (χ1) is 5.75. The monoisotopic (exact) mass is 169 g/mol. The molecule has 0 aliphatic carbocycles. The Labute approximate surface area is 75.2 Å². The van der Waals surface area contributed by atoms with E-state index in [2.05, 4.69) is 31.0 Å². The Bertz CT molecular complexity index is 156. The van der Waals surface area contributed by atoms with Gasteiger partial charge in [-0.1, -0.05) is 19.1 Å². The third-order valence-electron chi connectivity index (χ3n) is 2.59. The van der Waals surface area contributed by atoms with E-state index in [1.54, 1.807) is 7.11 Å². The van der Waals surface area contributed by atoms with Gasteiger partial charge < -0.3 is 4.74 Å². The zero-order valence-corrected chi connectivity index (χ0v) is 8.29. The molecule has 0 radical (unpaired) electrons. The lowest BCUT2D eigenvalue weighted by atomic mass is 9.96. The number of rotatable bonds is 3. The molecule has 0 aromatic heterocycles. The van der Waals surface area contributed by atoms with Gasteiger partial charge in [-0.2, -0.15) is 0 Å². The van der Waals surface area contributed by atoms with Gasteiger partial charge in [-0.05, 0) is 19.4 Å². The predicted molar refractivity (Wildman–Crippen MR) is 51.2 cm³/mol. The van der Waals surface area contributed by atoms with E-state index in [1.165, 1.54) is 6.42 Å². The first-order valence-electron chi connectivity index (χ1n) is 4.60. The second-order valence-electron chi connectivity index (χ2n) is 3.65. The highest BCUT2D eigenvalue weighted by molar-refractivity contribution is 4.96. The largest absolute Gasteiger partial charge is 0.384 e. The summed E-state index contributed by atoms with van der Waals surface area (Å²) in [6.45, 7) is 4.20. The van der Waals surface area contributed by atoms with E-state index >= 15 is 0 Å². The molecule has 2 atom stereocenters. The Kier molecular flexibility index (Phi) is 3.76. The van der Waals surface area contributed by atoms with E-state index in [1.807, 2.05) is 0 Å². The highest BCUT2D eigenvalue weighted by atomic mass is 16.5. The summed E-state index contributed by atoms with van der Waals surface area (Å²) in [4.78, 5) is 2.39. The average molecular weight is 169 g/mol. The highest BCUT2D eigenvalue weighted by Crippen LogP contribution is 2.17. The van der Waals surface area contributed by atoms with Gasteiger partial charge in [0.25, 0.3) is 0 Å². The summed E-state index contributed by atoms with van der Waals surface area (Å²) in [5.41, 5.74) is 0. The Morgan fingerprint density at radius 1 is 1.58 bits per heavy atom. The van der Waals surface area contributed by atoms with Crippen LogP contribution in [-0.4, -0.2) is 38.3 Å². The van der Waals surface area contributed by atoms with E-state index < -0.39 is 0 Å². The molecular formula is C10H19NO. The number of methoxy groups -OCH3 is 1. The standard InChI is InChI=1S/C10H19NO/c1-9(8-12-3)10-6-4-5-7-11(10)2/h4-5,9-10H,6-8H2,1-3H3/t9-,10-/m0/s1. The van der Waals surface area contributed by atoms with Crippen LogP contribution in [-0.2, 0) is 4.74 Å². The van der Waals surface area contributed by atoms with Crippen molar-refractivity contribution in [3.63, 3.8) is 0 Å². The maximum absolute atomic E-state index is 5.15. The molecule has 2 heteroatoms. The van der Waals surface area contributed by atoms with Crippen LogP contribution in [0.2, 0.25) is 0 Å². The Hall–Kier alpha value is -0.340. The van der Waals surface area contributed by atoms with E-state index in [0.717, 1.165) is 13.2 Å². The van der Waals surface area contributed by atoms with Crippen LogP contribution in [0.3, 0.4) is 0 Å². The molecule has 0 aromatic rings. The summed E-state index contributed by atoms with van der Waals surface area (Å²) in [7, 11) is 3.95. The van der Waals surface area contributed by atoms with Crippen molar-refractivity contribution < 1.29 is 4.74 Å². The first-order valence-corrected chi connectivity index (χ1v) is 4.60. The van der Waals surface area contributed by atoms with E-state index in [-0.39, 0.29) is 0 Å². The topological polar surface area (TPSA) is 12.5 Å². The Morgan fingerprint density at radius 3 is 2.92 bits per heavy atom. The minimum Gasteiger partial charge on any atom is -0.384 e. The summed E-state index contributed by atoms with van der Waals surface area (Å²) in [5.74, 6) is 0.630. The smallest absolute Gasteiger partial charge is 0.0502 e. The second kappa shape index (κ2) is 4.63. The van der Waals surface area contributed by atoms with Crippen LogP contribution >= 0.6 is 0 Å². The molecule has 12 heavy (non-hydrogen) atoms. The van der Waals surface area contributed by atoms with E-state index in [4.69, 9.17) is 4.74 Å². The molecule has 1 rings (SSSR count). The van der Waals surface area contributed by atoms with Crippen LogP contribution in [0.4, 0.5) is 0 Å². The third kappa shape index (κ3) is 2.32. The van der Waals surface area contributed by atoms with Crippen molar-refractivity contribution in [2.75, 3.05) is 27.3 Å². The van der Waals surface area contributed by atoms with Gasteiger partial charge in [0.15, 0.2) is 0 Å². The van der Waals surface area contributed by atoms with Gasteiger partial charge in [-0.15, -0.1) is 0 Å². The fourth-order valence-corrected chi connectivity index (χ4v) is 1.83. The van der Waals surface area contributed by atoms with Crippen molar-refractivity contribution in [2.24, 2.45) is 5.92 Å². The zero-order valence-electron chi connectivity index (χ0n) is 8.29. The van der Waals surface area contributed by atoms with Gasteiger partial charge in [-0.25, -0.2) is 0 Å². The lowest BCUT2D eigenvalue weighted by Gasteiger charge is -2.33. The van der Waals surface area contributed by atoms with Gasteiger partial charge >= 0.3 is 0 Å². The molecule has 0 unspecified atom stereocenters. The van der Waals surface area contributed by atoms with Gasteiger partial charge in [-0.3, -0.25) is 4.90 Å². The van der Waals surface area contributed by atoms with Crippen LogP contribution < -0.4 is 0 Å². The molecule has 0 amide bonds. The van der Waals surface area contributed by atoms with Crippen molar-refractivity contribution >= 4 is 0 Å². The number of hydrogen-bond acceptors (Lipinski definition) is 2. The third-order valence-corrected chi connectivity index (χ3v) is 2.59. The maximum Gasteiger partial charge on any atom is 0.0502 e. The van der Waals surface area contributed by atoms with E-state index in [9.17, 15) is 0 Å². The summed E-state index contributed by atoms with van der Waals surface area (Å²) in [5, 5.41) is 0. The van der Waals surface area contributed by atoms with Crippen molar-refractivity contribution in [2.45, 2.75) is 19.4 Å². The maximum atomic E-state index is 5.15. The molecule has 0 N–H and O–H groups in total. The molecule has 1 aliphatic rings.